The summed E-state index contributed by atoms with van der Waals surface area (Å²) < 4.78 is 1.70. The van der Waals surface area contributed by atoms with Crippen molar-refractivity contribution < 1.29 is 14.4 Å². The van der Waals surface area contributed by atoms with Crippen LogP contribution in [0.2, 0.25) is 0 Å². The molecule has 3 amide bonds. The van der Waals surface area contributed by atoms with E-state index in [0.29, 0.717) is 51.4 Å². The van der Waals surface area contributed by atoms with Crippen molar-refractivity contribution in [3.63, 3.8) is 0 Å². The number of aromatic nitrogens is 2. The summed E-state index contributed by atoms with van der Waals surface area (Å²) in [6.45, 7) is 6.52. The minimum Gasteiger partial charge on any atom is -0.339 e. The third-order valence-electron chi connectivity index (χ3n) is 6.12. The Morgan fingerprint density at radius 1 is 1.14 bits per heavy atom. The van der Waals surface area contributed by atoms with Gasteiger partial charge in [0.1, 0.15) is 0 Å². The molecule has 0 N–H and O–H groups in total. The second-order valence-electron chi connectivity index (χ2n) is 8.68. The van der Waals surface area contributed by atoms with Crippen LogP contribution in [-0.4, -0.2) is 75.4 Å². The maximum Gasteiger partial charge on any atom is 0.228 e. The van der Waals surface area contributed by atoms with Gasteiger partial charge in [0.05, 0.1) is 18.2 Å². The number of aryl methyl sites for hydroxylation is 1. The van der Waals surface area contributed by atoms with Crippen LogP contribution in [0.1, 0.15) is 51.1 Å². The van der Waals surface area contributed by atoms with Gasteiger partial charge in [-0.15, -0.1) is 0 Å². The molecule has 0 aromatic carbocycles. The second-order valence-corrected chi connectivity index (χ2v) is 8.68. The summed E-state index contributed by atoms with van der Waals surface area (Å²) in [6.07, 6.45) is 6.03. The van der Waals surface area contributed by atoms with Crippen LogP contribution in [0.4, 0.5) is 0 Å². The SMILES string of the molecule is CC(C)CCC(=O)N1CCN(C(=O)C2CCC(=O)N(C)C2c2cnn(C)c2)CC1. The van der Waals surface area contributed by atoms with Gasteiger partial charge in [-0.05, 0) is 18.8 Å². The lowest BCUT2D eigenvalue weighted by molar-refractivity contribution is -0.149. The Balaban J connectivity index is 1.64. The number of rotatable bonds is 5. The van der Waals surface area contributed by atoms with Gasteiger partial charge in [0.2, 0.25) is 17.7 Å². The molecule has 3 rings (SSSR count). The molecule has 2 unspecified atom stereocenters. The van der Waals surface area contributed by atoms with E-state index in [2.05, 4.69) is 18.9 Å². The van der Waals surface area contributed by atoms with Crippen LogP contribution >= 0.6 is 0 Å². The standard InChI is InChI=1S/C21H33N5O3/c1-15(2)5-7-19(28)25-9-11-26(12-10-25)21(29)17-6-8-18(27)24(4)20(17)16-13-22-23(3)14-16/h13-15,17,20H,5-12H2,1-4H3. The van der Waals surface area contributed by atoms with Crippen LogP contribution in [-0.2, 0) is 21.4 Å². The molecule has 0 saturated carbocycles. The van der Waals surface area contributed by atoms with E-state index in [9.17, 15) is 14.4 Å². The lowest BCUT2D eigenvalue weighted by atomic mass is 9.84. The molecule has 1 aromatic rings. The zero-order valence-electron chi connectivity index (χ0n) is 18.0. The molecule has 3 heterocycles. The summed E-state index contributed by atoms with van der Waals surface area (Å²) in [5.41, 5.74) is 0.892. The molecule has 8 heteroatoms. The zero-order valence-corrected chi connectivity index (χ0v) is 18.0. The number of hydrogen-bond acceptors (Lipinski definition) is 4. The van der Waals surface area contributed by atoms with Gasteiger partial charge in [0, 0.05) is 64.9 Å². The average Bonchev–Trinajstić information content (AvgIpc) is 3.13. The molecule has 0 bridgehead atoms. The molecular formula is C21H33N5O3. The maximum atomic E-state index is 13.3. The number of carbonyl (C=O) groups excluding carboxylic acids is 3. The van der Waals surface area contributed by atoms with Gasteiger partial charge in [0.25, 0.3) is 0 Å². The molecule has 2 aliphatic heterocycles. The minimum atomic E-state index is -0.289. The van der Waals surface area contributed by atoms with E-state index in [1.807, 2.05) is 23.0 Å². The monoisotopic (exact) mass is 403 g/mol. The summed E-state index contributed by atoms with van der Waals surface area (Å²) >= 11 is 0. The van der Waals surface area contributed by atoms with Crippen molar-refractivity contribution in [2.24, 2.45) is 18.9 Å². The third kappa shape index (κ3) is 4.79. The van der Waals surface area contributed by atoms with Crippen LogP contribution in [0.15, 0.2) is 12.4 Å². The van der Waals surface area contributed by atoms with Gasteiger partial charge in [-0.25, -0.2) is 0 Å². The first kappa shape index (κ1) is 21.3. The number of hydrogen-bond donors (Lipinski definition) is 0. The van der Waals surface area contributed by atoms with Crippen molar-refractivity contribution in [2.45, 2.75) is 45.6 Å². The van der Waals surface area contributed by atoms with Gasteiger partial charge in [-0.2, -0.15) is 5.10 Å². The van der Waals surface area contributed by atoms with E-state index >= 15 is 0 Å². The smallest absolute Gasteiger partial charge is 0.228 e. The van der Waals surface area contributed by atoms with E-state index < -0.39 is 0 Å². The van der Waals surface area contributed by atoms with Gasteiger partial charge in [-0.3, -0.25) is 19.1 Å². The predicted octanol–water partition coefficient (Wildman–Crippen LogP) is 1.44. The van der Waals surface area contributed by atoms with E-state index in [1.165, 1.54) is 0 Å². The molecule has 2 saturated heterocycles. The van der Waals surface area contributed by atoms with Gasteiger partial charge in [0.15, 0.2) is 0 Å². The summed E-state index contributed by atoms with van der Waals surface area (Å²) in [5.74, 6) is 0.556. The molecule has 0 radical (unpaired) electrons. The molecule has 1 aromatic heterocycles. The molecule has 2 fully saturated rings. The first-order chi connectivity index (χ1) is 13.8. The van der Waals surface area contributed by atoms with Crippen molar-refractivity contribution in [1.82, 2.24) is 24.5 Å². The average molecular weight is 404 g/mol. The lowest BCUT2D eigenvalue weighted by Gasteiger charge is -2.42. The normalized spacial score (nSPS) is 23.1. The van der Waals surface area contributed by atoms with E-state index in [0.717, 1.165) is 12.0 Å². The zero-order chi connectivity index (χ0) is 21.1. The van der Waals surface area contributed by atoms with Crippen molar-refractivity contribution in [3.05, 3.63) is 18.0 Å². The van der Waals surface area contributed by atoms with Crippen molar-refractivity contribution in [1.29, 1.82) is 0 Å². The fourth-order valence-electron chi connectivity index (χ4n) is 4.33. The third-order valence-corrected chi connectivity index (χ3v) is 6.12. The highest BCUT2D eigenvalue weighted by Crippen LogP contribution is 2.36. The fourth-order valence-corrected chi connectivity index (χ4v) is 4.33. The number of carbonyl (C=O) groups is 3. The molecule has 0 aliphatic carbocycles. The Morgan fingerprint density at radius 2 is 1.79 bits per heavy atom. The molecule has 2 aliphatic rings. The quantitative estimate of drug-likeness (QED) is 0.745. The van der Waals surface area contributed by atoms with Crippen molar-refractivity contribution in [3.8, 4) is 0 Å². The highest BCUT2D eigenvalue weighted by molar-refractivity contribution is 5.85. The number of piperazine rings is 1. The number of amides is 3. The minimum absolute atomic E-state index is 0.0588. The largest absolute Gasteiger partial charge is 0.339 e. The number of piperidine rings is 1. The summed E-state index contributed by atoms with van der Waals surface area (Å²) in [5, 5.41) is 4.23. The molecule has 29 heavy (non-hydrogen) atoms. The number of likely N-dealkylation sites (tertiary alicyclic amines) is 1. The highest BCUT2D eigenvalue weighted by atomic mass is 16.2. The summed E-state index contributed by atoms with van der Waals surface area (Å²) in [7, 11) is 3.60. The second kappa shape index (κ2) is 8.97. The number of nitrogens with zero attached hydrogens (tertiary/aromatic N) is 5. The summed E-state index contributed by atoms with van der Waals surface area (Å²) in [4.78, 5) is 43.4. The first-order valence-electron chi connectivity index (χ1n) is 10.6. The van der Waals surface area contributed by atoms with Gasteiger partial charge >= 0.3 is 0 Å². The van der Waals surface area contributed by atoms with Gasteiger partial charge in [-0.1, -0.05) is 13.8 Å². The Bertz CT molecular complexity index is 751. The Morgan fingerprint density at radius 3 is 2.38 bits per heavy atom. The highest BCUT2D eigenvalue weighted by Gasteiger charge is 2.41. The Kier molecular flexibility index (Phi) is 6.59. The topological polar surface area (TPSA) is 78.8 Å². The first-order valence-corrected chi connectivity index (χ1v) is 10.6. The Hall–Kier alpha value is -2.38. The molecule has 0 spiro atoms. The maximum absolute atomic E-state index is 13.3. The van der Waals surface area contributed by atoms with E-state index in [-0.39, 0.29) is 29.7 Å². The Labute approximate surface area is 172 Å². The van der Waals surface area contributed by atoms with Crippen LogP contribution in [0.25, 0.3) is 0 Å². The van der Waals surface area contributed by atoms with Crippen LogP contribution in [0, 0.1) is 11.8 Å². The molecular weight excluding hydrogens is 370 g/mol. The predicted molar refractivity (Wildman–Crippen MR) is 109 cm³/mol. The van der Waals surface area contributed by atoms with Crippen molar-refractivity contribution in [2.75, 3.05) is 33.2 Å². The van der Waals surface area contributed by atoms with Crippen LogP contribution < -0.4 is 0 Å². The fraction of sp³-hybridized carbons (Fsp3) is 0.714. The van der Waals surface area contributed by atoms with Crippen molar-refractivity contribution >= 4 is 17.7 Å². The van der Waals surface area contributed by atoms with Gasteiger partial charge < -0.3 is 14.7 Å². The van der Waals surface area contributed by atoms with E-state index in [1.54, 1.807) is 22.8 Å². The molecule has 2 atom stereocenters. The van der Waals surface area contributed by atoms with Crippen LogP contribution in [0.5, 0.6) is 0 Å². The lowest BCUT2D eigenvalue weighted by Crippen LogP contribution is -2.54. The summed E-state index contributed by atoms with van der Waals surface area (Å²) in [6, 6.07) is -0.289. The van der Waals surface area contributed by atoms with Crippen LogP contribution in [0.3, 0.4) is 0 Å². The van der Waals surface area contributed by atoms with E-state index in [4.69, 9.17) is 0 Å². The molecule has 8 nitrogen and oxygen atoms in total. The molecule has 160 valence electrons.